The van der Waals surface area contributed by atoms with Crippen LogP contribution in [0.5, 0.6) is 0 Å². The number of sulfone groups is 1. The summed E-state index contributed by atoms with van der Waals surface area (Å²) in [7, 11) is -1.44. The molecule has 2 rings (SSSR count). The summed E-state index contributed by atoms with van der Waals surface area (Å²) in [5.41, 5.74) is 3.11. The molecule has 0 bridgehead atoms. The molecule has 0 saturated heterocycles. The minimum Gasteiger partial charge on any atom is -0.356 e. The molecular weight excluding hydrogens is 473 g/mol. The SMILES string of the molecule is CN=C(NCCCc1ccccc1)NCc1ccc(S(C)(=O)=O)c(C)c1.I. The third kappa shape index (κ3) is 7.88. The Hall–Kier alpha value is -1.61. The molecule has 2 aromatic carbocycles. The summed E-state index contributed by atoms with van der Waals surface area (Å²) in [6.07, 6.45) is 3.28. The van der Waals surface area contributed by atoms with E-state index in [0.29, 0.717) is 11.4 Å². The van der Waals surface area contributed by atoms with Crippen molar-refractivity contribution < 1.29 is 8.42 Å². The monoisotopic (exact) mass is 501 g/mol. The fraction of sp³-hybridized carbons (Fsp3) is 0.350. The molecule has 0 atom stereocenters. The summed E-state index contributed by atoms with van der Waals surface area (Å²) in [5, 5.41) is 6.56. The molecule has 0 amide bonds. The minimum atomic E-state index is -3.18. The van der Waals surface area contributed by atoms with Gasteiger partial charge in [-0.15, -0.1) is 24.0 Å². The predicted octanol–water partition coefficient (Wildman–Crippen LogP) is 3.31. The Labute approximate surface area is 179 Å². The lowest BCUT2D eigenvalue weighted by atomic mass is 10.1. The van der Waals surface area contributed by atoms with Crippen molar-refractivity contribution in [3.8, 4) is 0 Å². The molecule has 0 aromatic heterocycles. The summed E-state index contributed by atoms with van der Waals surface area (Å²) >= 11 is 0. The van der Waals surface area contributed by atoms with Crippen LogP contribution in [0.4, 0.5) is 0 Å². The molecule has 0 aliphatic rings. The van der Waals surface area contributed by atoms with Crippen LogP contribution in [0.1, 0.15) is 23.1 Å². The number of hydrogen-bond donors (Lipinski definition) is 2. The first-order chi connectivity index (χ1) is 12.4. The molecule has 0 aliphatic heterocycles. The number of rotatable bonds is 7. The van der Waals surface area contributed by atoms with Gasteiger partial charge in [-0.25, -0.2) is 8.42 Å². The molecule has 27 heavy (non-hydrogen) atoms. The van der Waals surface area contributed by atoms with E-state index in [2.05, 4.69) is 39.9 Å². The quantitative estimate of drug-likeness (QED) is 0.265. The van der Waals surface area contributed by atoms with Gasteiger partial charge in [0.05, 0.1) is 4.90 Å². The van der Waals surface area contributed by atoms with Crippen LogP contribution >= 0.6 is 24.0 Å². The molecule has 5 nitrogen and oxygen atoms in total. The van der Waals surface area contributed by atoms with E-state index in [1.54, 1.807) is 13.1 Å². The van der Waals surface area contributed by atoms with Crippen LogP contribution in [0.25, 0.3) is 0 Å². The number of nitrogens with zero attached hydrogens (tertiary/aromatic N) is 1. The van der Waals surface area contributed by atoms with Crippen molar-refractivity contribution in [2.75, 3.05) is 19.8 Å². The Balaban J connectivity index is 0.00000364. The summed E-state index contributed by atoms with van der Waals surface area (Å²) in [6.45, 7) is 3.24. The lowest BCUT2D eigenvalue weighted by Gasteiger charge is -2.13. The molecule has 0 fully saturated rings. The van der Waals surface area contributed by atoms with Crippen molar-refractivity contribution in [1.29, 1.82) is 0 Å². The van der Waals surface area contributed by atoms with Crippen LogP contribution in [-0.4, -0.2) is 34.2 Å². The van der Waals surface area contributed by atoms with Gasteiger partial charge in [0.25, 0.3) is 0 Å². The maximum Gasteiger partial charge on any atom is 0.191 e. The van der Waals surface area contributed by atoms with Crippen LogP contribution in [0, 0.1) is 6.92 Å². The van der Waals surface area contributed by atoms with Crippen LogP contribution in [-0.2, 0) is 22.8 Å². The second-order valence-electron chi connectivity index (χ2n) is 6.31. The average molecular weight is 501 g/mol. The Morgan fingerprint density at radius 1 is 1.04 bits per heavy atom. The highest BCUT2D eigenvalue weighted by Gasteiger charge is 2.10. The van der Waals surface area contributed by atoms with Crippen LogP contribution in [0.2, 0.25) is 0 Å². The lowest BCUT2D eigenvalue weighted by molar-refractivity contribution is 0.601. The van der Waals surface area contributed by atoms with Crippen LogP contribution in [0.15, 0.2) is 58.4 Å². The first-order valence-corrected chi connectivity index (χ1v) is 10.6. The highest BCUT2D eigenvalue weighted by atomic mass is 127. The van der Waals surface area contributed by atoms with E-state index >= 15 is 0 Å². The number of aryl methyl sites for hydroxylation is 2. The molecule has 0 unspecified atom stereocenters. The van der Waals surface area contributed by atoms with Gasteiger partial charge in [-0.1, -0.05) is 42.5 Å². The topological polar surface area (TPSA) is 70.6 Å². The van der Waals surface area contributed by atoms with Gasteiger partial charge in [0.2, 0.25) is 0 Å². The first kappa shape index (κ1) is 23.4. The molecule has 0 heterocycles. The number of guanidine groups is 1. The number of benzene rings is 2. The molecule has 7 heteroatoms. The van der Waals surface area contributed by atoms with Gasteiger partial charge in [-0.05, 0) is 42.5 Å². The van der Waals surface area contributed by atoms with Gasteiger partial charge in [0, 0.05) is 26.4 Å². The number of hydrogen-bond acceptors (Lipinski definition) is 3. The van der Waals surface area contributed by atoms with Crippen LogP contribution < -0.4 is 10.6 Å². The second-order valence-corrected chi connectivity index (χ2v) is 8.30. The largest absolute Gasteiger partial charge is 0.356 e. The highest BCUT2D eigenvalue weighted by molar-refractivity contribution is 14.0. The molecule has 0 radical (unpaired) electrons. The second kappa shape index (κ2) is 11.3. The van der Waals surface area contributed by atoms with E-state index in [9.17, 15) is 8.42 Å². The summed E-state index contributed by atoms with van der Waals surface area (Å²) in [5.74, 6) is 0.739. The molecule has 148 valence electrons. The smallest absolute Gasteiger partial charge is 0.191 e. The van der Waals surface area contributed by atoms with Crippen molar-refractivity contribution in [2.45, 2.75) is 31.2 Å². The Morgan fingerprint density at radius 2 is 1.74 bits per heavy atom. The standard InChI is InChI=1S/C20H27N3O2S.HI/c1-16-14-18(11-12-19(16)26(3,24)25)15-23-20(21-2)22-13-7-10-17-8-5-4-6-9-17;/h4-6,8-9,11-12,14H,7,10,13,15H2,1-3H3,(H2,21,22,23);1H. The zero-order valence-corrected chi connectivity index (χ0v) is 19.2. The molecule has 0 saturated carbocycles. The predicted molar refractivity (Wildman–Crippen MR) is 123 cm³/mol. The van der Waals surface area contributed by atoms with E-state index in [0.717, 1.165) is 36.5 Å². The van der Waals surface area contributed by atoms with E-state index in [4.69, 9.17) is 0 Å². The third-order valence-corrected chi connectivity index (χ3v) is 5.36. The van der Waals surface area contributed by atoms with E-state index in [1.807, 2.05) is 25.1 Å². The van der Waals surface area contributed by atoms with Crippen molar-refractivity contribution in [3.63, 3.8) is 0 Å². The fourth-order valence-corrected chi connectivity index (χ4v) is 3.75. The maximum atomic E-state index is 11.7. The maximum absolute atomic E-state index is 11.7. The van der Waals surface area contributed by atoms with Gasteiger partial charge < -0.3 is 10.6 Å². The zero-order chi connectivity index (χ0) is 19.0. The number of halogens is 1. The van der Waals surface area contributed by atoms with Crippen molar-refractivity contribution in [2.24, 2.45) is 4.99 Å². The Kier molecular flexibility index (Phi) is 9.79. The van der Waals surface area contributed by atoms with E-state index in [1.165, 1.54) is 11.8 Å². The van der Waals surface area contributed by atoms with Crippen molar-refractivity contribution in [1.82, 2.24) is 10.6 Å². The summed E-state index contributed by atoms with van der Waals surface area (Å²) < 4.78 is 23.4. The van der Waals surface area contributed by atoms with Crippen molar-refractivity contribution >= 4 is 39.8 Å². The van der Waals surface area contributed by atoms with Crippen molar-refractivity contribution in [3.05, 3.63) is 65.2 Å². The van der Waals surface area contributed by atoms with Gasteiger partial charge in [0.1, 0.15) is 0 Å². The molecule has 0 spiro atoms. The highest BCUT2D eigenvalue weighted by Crippen LogP contribution is 2.16. The average Bonchev–Trinajstić information content (AvgIpc) is 2.61. The Bertz CT molecular complexity index is 853. The number of aliphatic imine (C=N–C) groups is 1. The van der Waals surface area contributed by atoms with Gasteiger partial charge in [-0.2, -0.15) is 0 Å². The van der Waals surface area contributed by atoms with Crippen LogP contribution in [0.3, 0.4) is 0 Å². The molecule has 2 aromatic rings. The Morgan fingerprint density at radius 3 is 2.33 bits per heavy atom. The van der Waals surface area contributed by atoms with Gasteiger partial charge in [0.15, 0.2) is 15.8 Å². The molecular formula is C20H28IN3O2S. The lowest BCUT2D eigenvalue weighted by Crippen LogP contribution is -2.37. The normalized spacial score (nSPS) is 11.6. The number of nitrogens with one attached hydrogen (secondary N) is 2. The molecule has 2 N–H and O–H groups in total. The fourth-order valence-electron chi connectivity index (χ4n) is 2.79. The van der Waals surface area contributed by atoms with E-state index < -0.39 is 9.84 Å². The minimum absolute atomic E-state index is 0. The molecule has 0 aliphatic carbocycles. The van der Waals surface area contributed by atoms with Gasteiger partial charge in [-0.3, -0.25) is 4.99 Å². The third-order valence-electron chi connectivity index (χ3n) is 4.10. The summed E-state index contributed by atoms with van der Waals surface area (Å²) in [4.78, 5) is 4.60. The van der Waals surface area contributed by atoms with Gasteiger partial charge >= 0.3 is 0 Å². The summed E-state index contributed by atoms with van der Waals surface area (Å²) in [6, 6.07) is 15.8. The first-order valence-electron chi connectivity index (χ1n) is 8.68. The van der Waals surface area contributed by atoms with E-state index in [-0.39, 0.29) is 24.0 Å². The zero-order valence-electron chi connectivity index (χ0n) is 16.0.